The maximum Gasteiger partial charge on any atom is 0.178 e. The van der Waals surface area contributed by atoms with E-state index in [1.165, 1.54) is 0 Å². The molecule has 16 heavy (non-hydrogen) atoms. The van der Waals surface area contributed by atoms with E-state index in [0.717, 1.165) is 40.4 Å². The van der Waals surface area contributed by atoms with Gasteiger partial charge in [-0.25, -0.2) is 0 Å². The van der Waals surface area contributed by atoms with Crippen molar-refractivity contribution in [3.63, 3.8) is 0 Å². The summed E-state index contributed by atoms with van der Waals surface area (Å²) in [4.78, 5) is 3.16. The van der Waals surface area contributed by atoms with Crippen molar-refractivity contribution in [1.82, 2.24) is 9.55 Å². The fourth-order valence-corrected chi connectivity index (χ4v) is 2.18. The van der Waals surface area contributed by atoms with Gasteiger partial charge in [-0.15, -0.1) is 0 Å². The second-order valence-corrected chi connectivity index (χ2v) is 4.41. The summed E-state index contributed by atoms with van der Waals surface area (Å²) in [6, 6.07) is 5.73. The van der Waals surface area contributed by atoms with Crippen LogP contribution < -0.4 is 0 Å². The number of H-pyrrole nitrogens is 1. The minimum Gasteiger partial charge on any atom is -0.385 e. The molecule has 0 aliphatic carbocycles. The van der Waals surface area contributed by atoms with Gasteiger partial charge in [0.05, 0.1) is 11.0 Å². The van der Waals surface area contributed by atoms with Crippen molar-refractivity contribution in [3.8, 4) is 0 Å². The lowest BCUT2D eigenvalue weighted by molar-refractivity contribution is 0.190. The van der Waals surface area contributed by atoms with E-state index in [4.69, 9.17) is 28.6 Å². The maximum absolute atomic E-state index is 5.98. The summed E-state index contributed by atoms with van der Waals surface area (Å²) in [5.41, 5.74) is 2.07. The van der Waals surface area contributed by atoms with Gasteiger partial charge in [0, 0.05) is 25.3 Å². The topological polar surface area (TPSA) is 29.9 Å². The molecule has 0 aliphatic heterocycles. The number of hydrogen-bond donors (Lipinski definition) is 1. The van der Waals surface area contributed by atoms with Crippen LogP contribution in [0.25, 0.3) is 11.0 Å². The SMILES string of the molecule is COCCCn1c(=S)[nH]c2ccc(Cl)cc21. The number of ether oxygens (including phenoxy) is 1. The first-order chi connectivity index (χ1) is 7.72. The first-order valence-electron chi connectivity index (χ1n) is 5.09. The molecule has 86 valence electrons. The van der Waals surface area contributed by atoms with Gasteiger partial charge in [0.2, 0.25) is 0 Å². The van der Waals surface area contributed by atoms with Crippen LogP contribution in [0.1, 0.15) is 6.42 Å². The molecule has 0 aliphatic rings. The highest BCUT2D eigenvalue weighted by Crippen LogP contribution is 2.19. The van der Waals surface area contributed by atoms with Crippen molar-refractivity contribution in [1.29, 1.82) is 0 Å². The van der Waals surface area contributed by atoms with Crippen molar-refractivity contribution in [2.75, 3.05) is 13.7 Å². The molecule has 2 rings (SSSR count). The average Bonchev–Trinajstić information content (AvgIpc) is 2.56. The summed E-state index contributed by atoms with van der Waals surface area (Å²) < 4.78 is 7.81. The molecule has 0 atom stereocenters. The molecule has 0 saturated carbocycles. The van der Waals surface area contributed by atoms with Crippen LogP contribution in [0, 0.1) is 4.77 Å². The quantitative estimate of drug-likeness (QED) is 0.671. The Morgan fingerprint density at radius 3 is 3.06 bits per heavy atom. The summed E-state index contributed by atoms with van der Waals surface area (Å²) in [6.45, 7) is 1.57. The van der Waals surface area contributed by atoms with Crippen molar-refractivity contribution >= 4 is 34.9 Å². The Balaban J connectivity index is 2.38. The zero-order chi connectivity index (χ0) is 11.5. The number of aromatic amines is 1. The Bertz CT molecular complexity index is 546. The summed E-state index contributed by atoms with van der Waals surface area (Å²) in [7, 11) is 1.70. The molecular weight excluding hydrogens is 244 g/mol. The molecule has 0 spiro atoms. The molecule has 0 unspecified atom stereocenters. The Morgan fingerprint density at radius 2 is 2.31 bits per heavy atom. The first kappa shape index (κ1) is 11.6. The Kier molecular flexibility index (Phi) is 3.63. The Hall–Kier alpha value is -0.840. The number of fused-ring (bicyclic) bond motifs is 1. The second-order valence-electron chi connectivity index (χ2n) is 3.59. The second kappa shape index (κ2) is 4.99. The average molecular weight is 257 g/mol. The fourth-order valence-electron chi connectivity index (χ4n) is 1.71. The summed E-state index contributed by atoms with van der Waals surface area (Å²) in [5.74, 6) is 0. The molecule has 0 amide bonds. The van der Waals surface area contributed by atoms with Crippen molar-refractivity contribution in [2.45, 2.75) is 13.0 Å². The molecule has 1 heterocycles. The van der Waals surface area contributed by atoms with Crippen molar-refractivity contribution < 1.29 is 4.74 Å². The number of nitrogens with one attached hydrogen (secondary N) is 1. The highest BCUT2D eigenvalue weighted by molar-refractivity contribution is 7.71. The van der Waals surface area contributed by atoms with Gasteiger partial charge in [-0.05, 0) is 36.8 Å². The van der Waals surface area contributed by atoms with E-state index in [1.54, 1.807) is 7.11 Å². The molecule has 0 fully saturated rings. The van der Waals surface area contributed by atoms with Crippen LogP contribution in [0.2, 0.25) is 5.02 Å². The van der Waals surface area contributed by atoms with E-state index in [1.807, 2.05) is 18.2 Å². The maximum atomic E-state index is 5.98. The summed E-state index contributed by atoms with van der Waals surface area (Å²) in [5, 5.41) is 0.724. The Morgan fingerprint density at radius 1 is 1.50 bits per heavy atom. The predicted octanol–water partition coefficient (Wildman–Crippen LogP) is 3.39. The van der Waals surface area contributed by atoms with Gasteiger partial charge in [-0.2, -0.15) is 0 Å². The highest BCUT2D eigenvalue weighted by atomic mass is 35.5. The Labute approximate surface area is 104 Å². The molecule has 1 aromatic carbocycles. The van der Waals surface area contributed by atoms with Gasteiger partial charge in [-0.3, -0.25) is 0 Å². The minimum absolute atomic E-state index is 0.724. The molecule has 2 aromatic rings. The highest BCUT2D eigenvalue weighted by Gasteiger charge is 2.04. The van der Waals surface area contributed by atoms with Gasteiger partial charge in [0.15, 0.2) is 4.77 Å². The molecule has 1 aromatic heterocycles. The van der Waals surface area contributed by atoms with E-state index in [9.17, 15) is 0 Å². The van der Waals surface area contributed by atoms with Crippen LogP contribution in [0.5, 0.6) is 0 Å². The van der Waals surface area contributed by atoms with Crippen molar-refractivity contribution in [3.05, 3.63) is 28.0 Å². The van der Waals surface area contributed by atoms with Gasteiger partial charge < -0.3 is 14.3 Å². The number of aryl methyl sites for hydroxylation is 1. The van der Waals surface area contributed by atoms with E-state index < -0.39 is 0 Å². The fraction of sp³-hybridized carbons (Fsp3) is 0.364. The third kappa shape index (κ3) is 2.29. The largest absolute Gasteiger partial charge is 0.385 e. The lowest BCUT2D eigenvalue weighted by atomic mass is 10.3. The van der Waals surface area contributed by atoms with Crippen LogP contribution in [-0.4, -0.2) is 23.3 Å². The molecule has 0 saturated heterocycles. The standard InChI is InChI=1S/C11H13ClN2OS/c1-15-6-2-5-14-10-7-8(12)3-4-9(10)13-11(14)16/h3-4,7H,2,5-6H2,1H3,(H,13,16). The number of aromatic nitrogens is 2. The van der Waals surface area contributed by atoms with E-state index in [2.05, 4.69) is 9.55 Å². The third-order valence-corrected chi connectivity index (χ3v) is 3.03. The van der Waals surface area contributed by atoms with Crippen LogP contribution in [-0.2, 0) is 11.3 Å². The molecule has 0 radical (unpaired) electrons. The van der Waals surface area contributed by atoms with Crippen molar-refractivity contribution in [2.24, 2.45) is 0 Å². The van der Waals surface area contributed by atoms with Crippen LogP contribution >= 0.6 is 23.8 Å². The van der Waals surface area contributed by atoms with Gasteiger partial charge >= 0.3 is 0 Å². The third-order valence-electron chi connectivity index (χ3n) is 2.47. The van der Waals surface area contributed by atoms with Crippen LogP contribution in [0.15, 0.2) is 18.2 Å². The normalized spacial score (nSPS) is 11.1. The lowest BCUT2D eigenvalue weighted by Crippen LogP contribution is -2.01. The lowest BCUT2D eigenvalue weighted by Gasteiger charge is -2.03. The van der Waals surface area contributed by atoms with Crippen LogP contribution in [0.3, 0.4) is 0 Å². The zero-order valence-electron chi connectivity index (χ0n) is 9.00. The number of nitrogens with zero attached hydrogens (tertiary/aromatic N) is 1. The molecule has 3 nitrogen and oxygen atoms in total. The molecule has 0 bridgehead atoms. The number of rotatable bonds is 4. The predicted molar refractivity (Wildman–Crippen MR) is 68.6 cm³/mol. The van der Waals surface area contributed by atoms with E-state index in [0.29, 0.717) is 0 Å². The van der Waals surface area contributed by atoms with Crippen LogP contribution in [0.4, 0.5) is 0 Å². The number of halogens is 1. The summed E-state index contributed by atoms with van der Waals surface area (Å²) >= 11 is 11.2. The summed E-state index contributed by atoms with van der Waals surface area (Å²) in [6.07, 6.45) is 0.935. The monoisotopic (exact) mass is 256 g/mol. The van der Waals surface area contributed by atoms with Gasteiger partial charge in [0.25, 0.3) is 0 Å². The van der Waals surface area contributed by atoms with E-state index >= 15 is 0 Å². The number of benzene rings is 1. The first-order valence-corrected chi connectivity index (χ1v) is 5.88. The van der Waals surface area contributed by atoms with Gasteiger partial charge in [-0.1, -0.05) is 11.6 Å². The molecular formula is C11H13ClN2OS. The number of imidazole rings is 1. The molecule has 5 heteroatoms. The smallest absolute Gasteiger partial charge is 0.178 e. The molecule has 1 N–H and O–H groups in total. The number of hydrogen-bond acceptors (Lipinski definition) is 2. The zero-order valence-corrected chi connectivity index (χ0v) is 10.6. The minimum atomic E-state index is 0.724. The van der Waals surface area contributed by atoms with E-state index in [-0.39, 0.29) is 0 Å². The number of methoxy groups -OCH3 is 1. The van der Waals surface area contributed by atoms with Gasteiger partial charge in [0.1, 0.15) is 0 Å².